The Labute approximate surface area is 231 Å². The third kappa shape index (κ3) is 5.87. The molecule has 10 heteroatoms. The molecule has 0 fully saturated rings. The number of aliphatic imine (C=N–C) groups is 1. The Balaban J connectivity index is 1.86. The van der Waals surface area contributed by atoms with Gasteiger partial charge in [0.2, 0.25) is 5.91 Å². The van der Waals surface area contributed by atoms with Crippen LogP contribution < -0.4 is 10.6 Å². The zero-order chi connectivity index (χ0) is 29.0. The maximum atomic E-state index is 12.6. The zero-order valence-corrected chi connectivity index (χ0v) is 22.8. The lowest BCUT2D eigenvalue weighted by Crippen LogP contribution is -2.36. The lowest BCUT2D eigenvalue weighted by Gasteiger charge is -2.22. The molecule has 0 saturated carbocycles. The van der Waals surface area contributed by atoms with Crippen LogP contribution in [-0.2, 0) is 9.53 Å². The number of rotatable bonds is 9. The first-order valence-corrected chi connectivity index (χ1v) is 12.6. The molecule has 4 rings (SSSR count). The molecular weight excluding hydrogens is 510 g/mol. The van der Waals surface area contributed by atoms with E-state index in [1.165, 1.54) is 11.0 Å². The van der Waals surface area contributed by atoms with Gasteiger partial charge in [0.15, 0.2) is 5.88 Å². The number of aromatic hydroxyl groups is 1. The summed E-state index contributed by atoms with van der Waals surface area (Å²) in [4.78, 5) is 48.2. The lowest BCUT2D eigenvalue weighted by molar-refractivity contribution is -0.118. The zero-order valence-electron chi connectivity index (χ0n) is 22.8. The summed E-state index contributed by atoms with van der Waals surface area (Å²) < 4.78 is 5.10. The van der Waals surface area contributed by atoms with E-state index in [9.17, 15) is 19.5 Å². The van der Waals surface area contributed by atoms with Gasteiger partial charge in [0, 0.05) is 23.5 Å². The lowest BCUT2D eigenvalue weighted by atomic mass is 10.00. The molecule has 0 saturated heterocycles. The molecule has 0 spiro atoms. The second kappa shape index (κ2) is 11.8. The number of hydrogen-bond acceptors (Lipinski definition) is 7. The highest BCUT2D eigenvalue weighted by molar-refractivity contribution is 6.22. The van der Waals surface area contributed by atoms with E-state index >= 15 is 0 Å². The summed E-state index contributed by atoms with van der Waals surface area (Å²) in [6, 6.07) is 19.0. The monoisotopic (exact) mass is 541 g/mol. The summed E-state index contributed by atoms with van der Waals surface area (Å²) >= 11 is 0. The molecule has 2 amide bonds. The van der Waals surface area contributed by atoms with Crippen molar-refractivity contribution < 1.29 is 24.2 Å². The second-order valence-corrected chi connectivity index (χ2v) is 9.41. The summed E-state index contributed by atoms with van der Waals surface area (Å²) in [6.07, 6.45) is 0. The topological polar surface area (TPSA) is 141 Å². The predicted molar refractivity (Wildman–Crippen MR) is 155 cm³/mol. The molecule has 4 N–H and O–H groups in total. The van der Waals surface area contributed by atoms with Gasteiger partial charge in [-0.2, -0.15) is 0 Å². The van der Waals surface area contributed by atoms with Crippen LogP contribution in [0.1, 0.15) is 38.8 Å². The van der Waals surface area contributed by atoms with Crippen molar-refractivity contribution in [2.24, 2.45) is 10.7 Å². The normalized spacial score (nSPS) is 11.6. The predicted octanol–water partition coefficient (Wildman–Crippen LogP) is 3.84. The van der Waals surface area contributed by atoms with Gasteiger partial charge in [-0.1, -0.05) is 36.4 Å². The number of hydrogen-bond donors (Lipinski definition) is 3. The van der Waals surface area contributed by atoms with Crippen molar-refractivity contribution in [2.75, 3.05) is 39.2 Å². The van der Waals surface area contributed by atoms with Crippen molar-refractivity contribution in [1.29, 1.82) is 0 Å². The average Bonchev–Trinajstić information content (AvgIpc) is 3.26. The number of nitrogens with zero attached hydrogens (tertiary/aromatic N) is 3. The number of likely N-dealkylation sites (N-methyl/N-ethyl adjacent to an activating group) is 2. The largest absolute Gasteiger partial charge is 0.494 e. The summed E-state index contributed by atoms with van der Waals surface area (Å²) in [5.74, 6) is -1.52. The number of fused-ring (bicyclic) bond motifs is 1. The van der Waals surface area contributed by atoms with E-state index < -0.39 is 11.9 Å². The Morgan fingerprint density at radius 3 is 2.35 bits per heavy atom. The standard InChI is InChI=1S/C30H31N5O5/c1-5-40-30(39)19-11-13-21-23(15-19)33-29(38)26(21)27(18-9-7-6-8-10-18)32-20-12-14-24(22(16-20)28(31)37)35(4)25(36)17-34(2)3/h6-16,33,38H,5,17H2,1-4H3,(H2,31,37). The molecule has 4 aromatic rings. The number of ether oxygens (including phenoxy) is 1. The first-order chi connectivity index (χ1) is 19.1. The molecule has 0 aliphatic heterocycles. The minimum Gasteiger partial charge on any atom is -0.494 e. The van der Waals surface area contributed by atoms with Gasteiger partial charge in [0.25, 0.3) is 5.91 Å². The number of esters is 1. The van der Waals surface area contributed by atoms with Crippen LogP contribution in [0.2, 0.25) is 0 Å². The molecule has 0 aliphatic carbocycles. The quantitative estimate of drug-likeness (QED) is 0.217. The fourth-order valence-corrected chi connectivity index (χ4v) is 4.35. The number of carbonyl (C=O) groups is 3. The number of nitrogens with two attached hydrogens (primary N) is 1. The fourth-order valence-electron chi connectivity index (χ4n) is 4.35. The fraction of sp³-hybridized carbons (Fsp3) is 0.200. The molecule has 0 bridgehead atoms. The molecule has 10 nitrogen and oxygen atoms in total. The maximum absolute atomic E-state index is 12.6. The SMILES string of the molecule is CCOC(=O)c1ccc2c(C(=Nc3ccc(N(C)C(=O)CN(C)C)c(C(N)=O)c3)c3ccccc3)c(O)[nH]c2c1. The number of nitrogens with one attached hydrogen (secondary N) is 1. The van der Waals surface area contributed by atoms with Crippen LogP contribution in [0, 0.1) is 0 Å². The van der Waals surface area contributed by atoms with Gasteiger partial charge in [-0.25, -0.2) is 9.79 Å². The number of benzene rings is 3. The van der Waals surface area contributed by atoms with Crippen molar-refractivity contribution in [2.45, 2.75) is 6.92 Å². The summed E-state index contributed by atoms with van der Waals surface area (Å²) in [7, 11) is 5.14. The maximum Gasteiger partial charge on any atom is 0.338 e. The Morgan fingerprint density at radius 2 is 1.70 bits per heavy atom. The Bertz CT molecular complexity index is 1610. The summed E-state index contributed by atoms with van der Waals surface area (Å²) in [5.41, 5.74) is 8.99. The van der Waals surface area contributed by atoms with Gasteiger partial charge in [-0.05, 0) is 51.4 Å². The van der Waals surface area contributed by atoms with E-state index in [2.05, 4.69) is 4.98 Å². The van der Waals surface area contributed by atoms with E-state index in [1.54, 1.807) is 63.3 Å². The van der Waals surface area contributed by atoms with E-state index in [-0.39, 0.29) is 30.5 Å². The molecule has 0 unspecified atom stereocenters. The number of aromatic amines is 1. The number of carbonyl (C=O) groups excluding carboxylic acids is 3. The molecule has 1 heterocycles. The van der Waals surface area contributed by atoms with Gasteiger partial charge >= 0.3 is 5.97 Å². The molecule has 40 heavy (non-hydrogen) atoms. The summed E-state index contributed by atoms with van der Waals surface area (Å²) in [6.45, 7) is 2.13. The second-order valence-electron chi connectivity index (χ2n) is 9.41. The molecule has 1 aromatic heterocycles. The van der Waals surface area contributed by atoms with Crippen LogP contribution in [0.3, 0.4) is 0 Å². The van der Waals surface area contributed by atoms with Crippen LogP contribution in [0.15, 0.2) is 71.7 Å². The van der Waals surface area contributed by atoms with Crippen molar-refractivity contribution in [3.63, 3.8) is 0 Å². The van der Waals surface area contributed by atoms with Crippen LogP contribution in [-0.4, -0.2) is 72.8 Å². The average molecular weight is 542 g/mol. The van der Waals surface area contributed by atoms with E-state index in [0.29, 0.717) is 44.7 Å². The number of anilines is 1. The van der Waals surface area contributed by atoms with Gasteiger partial charge in [0.05, 0.1) is 46.9 Å². The number of amides is 2. The minimum atomic E-state index is -0.709. The highest BCUT2D eigenvalue weighted by Crippen LogP contribution is 2.33. The van der Waals surface area contributed by atoms with Gasteiger partial charge in [-0.15, -0.1) is 0 Å². The van der Waals surface area contributed by atoms with Gasteiger partial charge < -0.3 is 30.4 Å². The summed E-state index contributed by atoms with van der Waals surface area (Å²) in [5, 5.41) is 11.6. The van der Waals surface area contributed by atoms with E-state index in [0.717, 1.165) is 0 Å². The van der Waals surface area contributed by atoms with E-state index in [4.69, 9.17) is 15.5 Å². The first kappa shape index (κ1) is 28.1. The smallest absolute Gasteiger partial charge is 0.338 e. The van der Waals surface area contributed by atoms with Crippen LogP contribution >= 0.6 is 0 Å². The van der Waals surface area contributed by atoms with Gasteiger partial charge in [0.1, 0.15) is 0 Å². The van der Waals surface area contributed by atoms with Crippen LogP contribution in [0.25, 0.3) is 10.9 Å². The van der Waals surface area contributed by atoms with E-state index in [1.807, 2.05) is 30.3 Å². The number of aromatic nitrogens is 1. The van der Waals surface area contributed by atoms with Crippen molar-refractivity contribution in [1.82, 2.24) is 9.88 Å². The van der Waals surface area contributed by atoms with Crippen molar-refractivity contribution >= 4 is 45.8 Å². The number of H-pyrrole nitrogens is 1. The van der Waals surface area contributed by atoms with Gasteiger partial charge in [-0.3, -0.25) is 9.59 Å². The molecule has 206 valence electrons. The molecule has 0 aliphatic rings. The highest BCUT2D eigenvalue weighted by atomic mass is 16.5. The molecule has 0 atom stereocenters. The highest BCUT2D eigenvalue weighted by Gasteiger charge is 2.22. The molecular formula is C30H31N5O5. The Hall–Kier alpha value is -4.96. The molecule has 3 aromatic carbocycles. The van der Waals surface area contributed by atoms with Crippen LogP contribution in [0.4, 0.5) is 11.4 Å². The first-order valence-electron chi connectivity index (χ1n) is 12.6. The third-order valence-electron chi connectivity index (χ3n) is 6.25. The number of primary amides is 1. The Morgan fingerprint density at radius 1 is 0.975 bits per heavy atom. The Kier molecular flexibility index (Phi) is 8.30. The van der Waals surface area contributed by atoms with Crippen molar-refractivity contribution in [3.05, 3.63) is 89.0 Å². The third-order valence-corrected chi connectivity index (χ3v) is 6.25. The minimum absolute atomic E-state index is 0.130. The molecule has 0 radical (unpaired) electrons. The van der Waals surface area contributed by atoms with Crippen molar-refractivity contribution in [3.8, 4) is 5.88 Å². The van der Waals surface area contributed by atoms with Crippen LogP contribution in [0.5, 0.6) is 5.88 Å².